The van der Waals surface area contributed by atoms with Crippen molar-refractivity contribution in [3.63, 3.8) is 0 Å². The summed E-state index contributed by atoms with van der Waals surface area (Å²) in [6, 6.07) is 9.18. The second kappa shape index (κ2) is 12.9. The zero-order valence-corrected chi connectivity index (χ0v) is 19.6. The molecule has 0 atom stereocenters. The van der Waals surface area contributed by atoms with Crippen LogP contribution in [-0.2, 0) is 9.16 Å². The van der Waals surface area contributed by atoms with Gasteiger partial charge in [0.1, 0.15) is 0 Å². The number of hydrogen-bond donors (Lipinski definition) is 0. The van der Waals surface area contributed by atoms with Crippen LogP contribution in [0.3, 0.4) is 0 Å². The van der Waals surface area contributed by atoms with Crippen LogP contribution >= 0.6 is 0 Å². The van der Waals surface area contributed by atoms with Crippen molar-refractivity contribution in [1.29, 1.82) is 0 Å². The molecular weight excluding hydrogens is 364 g/mol. The quantitative estimate of drug-likeness (QED) is 0.151. The minimum Gasteiger partial charge on any atom is -0.462 e. The van der Waals surface area contributed by atoms with Crippen molar-refractivity contribution in [1.82, 2.24) is 0 Å². The first-order chi connectivity index (χ1) is 13.2. The molecule has 1 aromatic rings. The number of ether oxygens (including phenoxy) is 1. The Morgan fingerprint density at radius 1 is 0.929 bits per heavy atom. The largest absolute Gasteiger partial charge is 0.462 e. The van der Waals surface area contributed by atoms with E-state index in [2.05, 4.69) is 46.0 Å². The highest BCUT2D eigenvalue weighted by Gasteiger charge is 2.36. The second-order valence-corrected chi connectivity index (χ2v) is 13.8. The summed E-state index contributed by atoms with van der Waals surface area (Å²) in [5.41, 5.74) is 0.630. The molecule has 0 fully saturated rings. The Kier molecular flexibility index (Phi) is 11.4. The first-order valence-electron chi connectivity index (χ1n) is 10.8. The fourth-order valence-electron chi connectivity index (χ4n) is 2.55. The fraction of sp³-hybridized carbons (Fsp3) is 0.625. The van der Waals surface area contributed by atoms with Crippen LogP contribution in [0.15, 0.2) is 42.5 Å². The lowest BCUT2D eigenvalue weighted by atomic mass is 10.1. The number of rotatable bonds is 13. The highest BCUT2D eigenvalue weighted by molar-refractivity contribution is 6.74. The van der Waals surface area contributed by atoms with E-state index in [1.54, 1.807) is 12.1 Å². The number of allylic oxidation sites excluding steroid dienone is 1. The van der Waals surface area contributed by atoms with Crippen molar-refractivity contribution in [3.8, 4) is 0 Å². The Morgan fingerprint density at radius 3 is 2.18 bits per heavy atom. The number of carbonyl (C=O) groups excluding carboxylic acids is 1. The lowest BCUT2D eigenvalue weighted by Crippen LogP contribution is -2.40. The van der Waals surface area contributed by atoms with Gasteiger partial charge in [0.25, 0.3) is 0 Å². The first-order valence-corrected chi connectivity index (χ1v) is 13.7. The van der Waals surface area contributed by atoms with Crippen LogP contribution in [0.2, 0.25) is 18.1 Å². The van der Waals surface area contributed by atoms with Crippen molar-refractivity contribution in [2.24, 2.45) is 0 Å². The molecule has 1 rings (SSSR count). The molecule has 0 unspecified atom stereocenters. The van der Waals surface area contributed by atoms with Gasteiger partial charge in [0.05, 0.1) is 18.8 Å². The van der Waals surface area contributed by atoms with Gasteiger partial charge in [-0.3, -0.25) is 0 Å². The molecule has 0 aliphatic rings. The molecule has 4 heteroatoms. The van der Waals surface area contributed by atoms with Crippen molar-refractivity contribution in [2.45, 2.75) is 83.8 Å². The molecular formula is C24H40O3Si. The first kappa shape index (κ1) is 24.6. The third-order valence-electron chi connectivity index (χ3n) is 5.52. The molecule has 0 aliphatic heterocycles. The summed E-state index contributed by atoms with van der Waals surface area (Å²) < 4.78 is 11.4. The Balaban J connectivity index is 1.93. The number of benzene rings is 1. The predicted molar refractivity (Wildman–Crippen MR) is 121 cm³/mol. The molecule has 0 heterocycles. The molecule has 3 nitrogen and oxygen atoms in total. The third-order valence-corrected chi connectivity index (χ3v) is 10.0. The lowest BCUT2D eigenvalue weighted by molar-refractivity contribution is 0.0497. The van der Waals surface area contributed by atoms with Crippen LogP contribution in [0.5, 0.6) is 0 Å². The standard InChI is InChI=1S/C24H40O3Si/c1-24(2,3)28(4,5)27-21-17-12-10-8-6-7-9-11-16-20-26-23(25)22-18-14-13-15-19-22/h12-15,17-19H,6-11,16,20-21H2,1-5H3/b17-12+. The van der Waals surface area contributed by atoms with Crippen molar-refractivity contribution in [3.05, 3.63) is 48.0 Å². The molecule has 0 N–H and O–H groups in total. The van der Waals surface area contributed by atoms with Crippen LogP contribution in [0.4, 0.5) is 0 Å². The van der Waals surface area contributed by atoms with Gasteiger partial charge >= 0.3 is 5.97 Å². The molecule has 0 saturated carbocycles. The van der Waals surface area contributed by atoms with Gasteiger partial charge in [-0.05, 0) is 49.5 Å². The van der Waals surface area contributed by atoms with E-state index in [1.807, 2.05) is 18.2 Å². The molecule has 0 aromatic heterocycles. The number of esters is 1. The van der Waals surface area contributed by atoms with E-state index in [1.165, 1.54) is 25.7 Å². The van der Waals surface area contributed by atoms with Crippen molar-refractivity contribution < 1.29 is 14.0 Å². The lowest BCUT2D eigenvalue weighted by Gasteiger charge is -2.35. The number of carbonyl (C=O) groups is 1. The Bertz CT molecular complexity index is 573. The smallest absolute Gasteiger partial charge is 0.338 e. The molecule has 0 spiro atoms. The fourth-order valence-corrected chi connectivity index (χ4v) is 3.50. The van der Waals surface area contributed by atoms with Crippen LogP contribution in [0, 0.1) is 0 Å². The van der Waals surface area contributed by atoms with E-state index in [0.717, 1.165) is 25.9 Å². The van der Waals surface area contributed by atoms with Crippen LogP contribution in [-0.4, -0.2) is 27.5 Å². The molecule has 0 aliphatic carbocycles. The summed E-state index contributed by atoms with van der Waals surface area (Å²) in [4.78, 5) is 11.8. The zero-order valence-electron chi connectivity index (χ0n) is 18.6. The molecule has 1 aromatic carbocycles. The summed E-state index contributed by atoms with van der Waals surface area (Å²) in [6.45, 7) is 12.7. The van der Waals surface area contributed by atoms with Crippen LogP contribution in [0.1, 0.15) is 76.1 Å². The SMILES string of the molecule is CC(C)(C)[Si](C)(C)OC/C=C/CCCCCCCCOC(=O)c1ccccc1. The normalized spacial score (nSPS) is 12.5. The van der Waals surface area contributed by atoms with Gasteiger partial charge in [-0.2, -0.15) is 0 Å². The molecule has 0 radical (unpaired) electrons. The molecule has 0 saturated heterocycles. The van der Waals surface area contributed by atoms with E-state index in [0.29, 0.717) is 12.2 Å². The summed E-state index contributed by atoms with van der Waals surface area (Å²) in [6.07, 6.45) is 12.6. The van der Waals surface area contributed by atoms with Gasteiger partial charge in [-0.1, -0.05) is 76.8 Å². The maximum absolute atomic E-state index is 11.8. The second-order valence-electron chi connectivity index (χ2n) is 8.95. The topological polar surface area (TPSA) is 35.5 Å². The number of hydrogen-bond acceptors (Lipinski definition) is 3. The van der Waals surface area contributed by atoms with Gasteiger partial charge < -0.3 is 9.16 Å². The van der Waals surface area contributed by atoms with Gasteiger partial charge in [-0.15, -0.1) is 0 Å². The van der Waals surface area contributed by atoms with Crippen molar-refractivity contribution in [2.75, 3.05) is 13.2 Å². The van der Waals surface area contributed by atoms with Gasteiger partial charge in [0, 0.05) is 0 Å². The summed E-state index contributed by atoms with van der Waals surface area (Å²) >= 11 is 0. The van der Waals surface area contributed by atoms with E-state index in [9.17, 15) is 4.79 Å². The van der Waals surface area contributed by atoms with E-state index < -0.39 is 8.32 Å². The Hall–Kier alpha value is -1.39. The maximum atomic E-state index is 11.8. The van der Waals surface area contributed by atoms with Crippen molar-refractivity contribution >= 4 is 14.3 Å². The molecule has 158 valence electrons. The minimum atomic E-state index is -1.61. The van der Waals surface area contributed by atoms with Gasteiger partial charge in [-0.25, -0.2) is 4.79 Å². The van der Waals surface area contributed by atoms with E-state index in [4.69, 9.17) is 9.16 Å². The molecule has 28 heavy (non-hydrogen) atoms. The highest BCUT2D eigenvalue weighted by atomic mass is 28.4. The summed E-state index contributed by atoms with van der Waals surface area (Å²) in [5, 5.41) is 0.278. The third kappa shape index (κ3) is 10.2. The van der Waals surface area contributed by atoms with Gasteiger partial charge in [0.2, 0.25) is 0 Å². The average molecular weight is 405 g/mol. The molecule has 0 bridgehead atoms. The summed E-state index contributed by atoms with van der Waals surface area (Å²) in [5.74, 6) is -0.218. The monoisotopic (exact) mass is 404 g/mol. The van der Waals surface area contributed by atoms with Crippen LogP contribution in [0.25, 0.3) is 0 Å². The maximum Gasteiger partial charge on any atom is 0.338 e. The predicted octanol–water partition coefficient (Wildman–Crippen LogP) is 7.15. The van der Waals surface area contributed by atoms with E-state index in [-0.39, 0.29) is 11.0 Å². The highest BCUT2D eigenvalue weighted by Crippen LogP contribution is 2.36. The Morgan fingerprint density at radius 2 is 1.54 bits per heavy atom. The Labute approximate surface area is 173 Å². The van der Waals surface area contributed by atoms with E-state index >= 15 is 0 Å². The van der Waals surface area contributed by atoms with Gasteiger partial charge in [0.15, 0.2) is 8.32 Å². The molecule has 0 amide bonds. The zero-order chi connectivity index (χ0) is 20.9. The number of unbranched alkanes of at least 4 members (excludes halogenated alkanes) is 6. The average Bonchev–Trinajstić information content (AvgIpc) is 2.65. The van der Waals surface area contributed by atoms with Crippen LogP contribution < -0.4 is 0 Å². The minimum absolute atomic E-state index is 0.218. The summed E-state index contributed by atoms with van der Waals surface area (Å²) in [7, 11) is -1.61.